The summed E-state index contributed by atoms with van der Waals surface area (Å²) >= 11 is 0. The van der Waals surface area contributed by atoms with Crippen LogP contribution in [-0.4, -0.2) is 66.3 Å². The largest absolute Gasteiger partial charge is 0.368 e. The molecule has 1 unspecified atom stereocenters. The molecular weight excluding hydrogens is 236 g/mol. The summed E-state index contributed by atoms with van der Waals surface area (Å²) in [6, 6.07) is -0.466. The summed E-state index contributed by atoms with van der Waals surface area (Å²) in [5.74, 6) is -0.554. The second-order valence-corrected chi connectivity index (χ2v) is 4.81. The molecule has 100 valence electrons. The molecule has 3 N–H and O–H groups in total. The first-order valence-corrected chi connectivity index (χ1v) is 6.06. The molecule has 2 aliphatic heterocycles. The van der Waals surface area contributed by atoms with Crippen LogP contribution in [0.3, 0.4) is 0 Å². The topological polar surface area (TPSA) is 95.7 Å². The van der Waals surface area contributed by atoms with Crippen molar-refractivity contribution in [2.75, 3.05) is 32.7 Å². The van der Waals surface area contributed by atoms with Crippen LogP contribution in [0.1, 0.15) is 6.92 Å². The zero-order valence-electron chi connectivity index (χ0n) is 10.4. The van der Waals surface area contributed by atoms with E-state index in [1.165, 1.54) is 6.92 Å². The first kappa shape index (κ1) is 12.8. The van der Waals surface area contributed by atoms with E-state index in [4.69, 9.17) is 5.73 Å². The van der Waals surface area contributed by atoms with Gasteiger partial charge < -0.3 is 20.9 Å². The average molecular weight is 254 g/mol. The third kappa shape index (κ3) is 2.45. The normalized spacial score (nSPS) is 24.6. The van der Waals surface area contributed by atoms with Crippen molar-refractivity contribution in [3.05, 3.63) is 0 Å². The molecule has 18 heavy (non-hydrogen) atoms. The van der Waals surface area contributed by atoms with E-state index in [0.717, 1.165) is 0 Å². The number of rotatable bonds is 2. The molecule has 2 saturated heterocycles. The fraction of sp³-hybridized carbons (Fsp3) is 0.727. The van der Waals surface area contributed by atoms with Crippen LogP contribution in [0.5, 0.6) is 0 Å². The highest BCUT2D eigenvalue weighted by atomic mass is 16.2. The molecule has 0 aromatic heterocycles. The van der Waals surface area contributed by atoms with Crippen LogP contribution in [-0.2, 0) is 14.4 Å². The highest BCUT2D eigenvalue weighted by Crippen LogP contribution is 2.18. The van der Waals surface area contributed by atoms with E-state index in [0.29, 0.717) is 32.7 Å². The first-order chi connectivity index (χ1) is 8.49. The van der Waals surface area contributed by atoms with E-state index < -0.39 is 11.9 Å². The summed E-state index contributed by atoms with van der Waals surface area (Å²) < 4.78 is 0. The molecule has 0 aromatic carbocycles. The number of hydrogen-bond acceptors (Lipinski definition) is 4. The number of hydrogen-bond donors (Lipinski definition) is 2. The van der Waals surface area contributed by atoms with Gasteiger partial charge in [0, 0.05) is 39.6 Å². The van der Waals surface area contributed by atoms with Gasteiger partial charge in [-0.2, -0.15) is 0 Å². The molecule has 0 saturated carbocycles. The van der Waals surface area contributed by atoms with Gasteiger partial charge in [0.1, 0.15) is 6.04 Å². The number of amides is 3. The minimum absolute atomic E-state index is 0.00521. The summed E-state index contributed by atoms with van der Waals surface area (Å²) in [6.45, 7) is 3.94. The lowest BCUT2D eigenvalue weighted by Crippen LogP contribution is -2.62. The lowest BCUT2D eigenvalue weighted by molar-refractivity contribution is -0.148. The average Bonchev–Trinajstić information content (AvgIpc) is 2.26. The van der Waals surface area contributed by atoms with Gasteiger partial charge in [-0.15, -0.1) is 0 Å². The Kier molecular flexibility index (Phi) is 3.51. The van der Waals surface area contributed by atoms with E-state index in [-0.39, 0.29) is 17.7 Å². The van der Waals surface area contributed by atoms with E-state index in [1.54, 1.807) is 9.80 Å². The van der Waals surface area contributed by atoms with Crippen LogP contribution in [0, 0.1) is 5.92 Å². The van der Waals surface area contributed by atoms with Crippen molar-refractivity contribution in [1.82, 2.24) is 15.1 Å². The molecule has 2 aliphatic rings. The Bertz CT molecular complexity index is 378. The van der Waals surface area contributed by atoms with Crippen molar-refractivity contribution in [2.24, 2.45) is 11.7 Å². The summed E-state index contributed by atoms with van der Waals surface area (Å²) in [7, 11) is 0. The molecule has 0 spiro atoms. The highest BCUT2D eigenvalue weighted by Gasteiger charge is 2.38. The van der Waals surface area contributed by atoms with E-state index in [9.17, 15) is 14.4 Å². The summed E-state index contributed by atoms with van der Waals surface area (Å²) in [4.78, 5) is 37.5. The molecule has 0 aromatic rings. The number of primary amides is 1. The van der Waals surface area contributed by atoms with Gasteiger partial charge in [-0.1, -0.05) is 0 Å². The zero-order valence-corrected chi connectivity index (χ0v) is 10.4. The van der Waals surface area contributed by atoms with Crippen molar-refractivity contribution >= 4 is 17.7 Å². The van der Waals surface area contributed by atoms with Crippen molar-refractivity contribution in [2.45, 2.75) is 13.0 Å². The standard InChI is InChI=1S/C11H18N4O3/c1-7(16)15-4-8(5-15)11(18)14-3-2-13-9(6-14)10(12)17/h8-9,13H,2-6H2,1H3,(H2,12,17). The van der Waals surface area contributed by atoms with Crippen LogP contribution in [0.2, 0.25) is 0 Å². The number of piperazine rings is 1. The summed E-state index contributed by atoms with van der Waals surface area (Å²) in [6.07, 6.45) is 0. The van der Waals surface area contributed by atoms with Crippen molar-refractivity contribution in [3.63, 3.8) is 0 Å². The van der Waals surface area contributed by atoms with Crippen LogP contribution in [0.15, 0.2) is 0 Å². The quantitative estimate of drug-likeness (QED) is 0.582. The van der Waals surface area contributed by atoms with Crippen molar-refractivity contribution in [3.8, 4) is 0 Å². The second kappa shape index (κ2) is 4.93. The molecule has 0 aliphatic carbocycles. The maximum absolute atomic E-state index is 12.1. The summed E-state index contributed by atoms with van der Waals surface area (Å²) in [5.41, 5.74) is 5.22. The Hall–Kier alpha value is -1.63. The lowest BCUT2D eigenvalue weighted by atomic mass is 9.97. The predicted octanol–water partition coefficient (Wildman–Crippen LogP) is -2.25. The fourth-order valence-electron chi connectivity index (χ4n) is 2.29. The Balaban J connectivity index is 1.86. The van der Waals surface area contributed by atoms with Crippen molar-refractivity contribution in [1.29, 1.82) is 0 Å². The number of carbonyl (C=O) groups excluding carboxylic acids is 3. The third-order valence-electron chi connectivity index (χ3n) is 3.51. The monoisotopic (exact) mass is 254 g/mol. The molecule has 2 heterocycles. The fourth-order valence-corrected chi connectivity index (χ4v) is 2.29. The molecule has 0 bridgehead atoms. The van der Waals surface area contributed by atoms with Crippen LogP contribution in [0.25, 0.3) is 0 Å². The Morgan fingerprint density at radius 2 is 1.83 bits per heavy atom. The predicted molar refractivity (Wildman–Crippen MR) is 63.3 cm³/mol. The van der Waals surface area contributed by atoms with E-state index in [2.05, 4.69) is 5.32 Å². The van der Waals surface area contributed by atoms with E-state index >= 15 is 0 Å². The van der Waals surface area contributed by atoms with Crippen LogP contribution >= 0.6 is 0 Å². The van der Waals surface area contributed by atoms with Gasteiger partial charge in [-0.3, -0.25) is 14.4 Å². The Morgan fingerprint density at radius 3 is 2.39 bits per heavy atom. The van der Waals surface area contributed by atoms with E-state index in [1.807, 2.05) is 0 Å². The maximum atomic E-state index is 12.1. The second-order valence-electron chi connectivity index (χ2n) is 4.81. The number of nitrogens with zero attached hydrogens (tertiary/aromatic N) is 2. The number of nitrogens with one attached hydrogen (secondary N) is 1. The SMILES string of the molecule is CC(=O)N1CC(C(=O)N2CCNC(C(N)=O)C2)C1. The molecule has 0 radical (unpaired) electrons. The first-order valence-electron chi connectivity index (χ1n) is 6.06. The molecule has 7 heteroatoms. The van der Waals surface area contributed by atoms with Gasteiger partial charge in [0.15, 0.2) is 0 Å². The lowest BCUT2D eigenvalue weighted by Gasteiger charge is -2.42. The molecule has 1 atom stereocenters. The van der Waals surface area contributed by atoms with Gasteiger partial charge in [0.25, 0.3) is 0 Å². The maximum Gasteiger partial charge on any atom is 0.236 e. The highest BCUT2D eigenvalue weighted by molar-refractivity contribution is 5.85. The summed E-state index contributed by atoms with van der Waals surface area (Å²) in [5, 5.41) is 2.97. The van der Waals surface area contributed by atoms with Crippen LogP contribution in [0.4, 0.5) is 0 Å². The van der Waals surface area contributed by atoms with Gasteiger partial charge in [0.2, 0.25) is 17.7 Å². The molecule has 2 fully saturated rings. The molecule has 7 nitrogen and oxygen atoms in total. The van der Waals surface area contributed by atoms with Gasteiger partial charge in [-0.05, 0) is 0 Å². The van der Waals surface area contributed by atoms with Gasteiger partial charge in [-0.25, -0.2) is 0 Å². The van der Waals surface area contributed by atoms with Gasteiger partial charge in [0.05, 0.1) is 5.92 Å². The molecule has 3 amide bonds. The number of likely N-dealkylation sites (tertiary alicyclic amines) is 1. The Labute approximate surface area is 105 Å². The smallest absolute Gasteiger partial charge is 0.236 e. The minimum Gasteiger partial charge on any atom is -0.368 e. The number of carbonyl (C=O) groups is 3. The Morgan fingerprint density at radius 1 is 1.17 bits per heavy atom. The van der Waals surface area contributed by atoms with Crippen LogP contribution < -0.4 is 11.1 Å². The zero-order chi connectivity index (χ0) is 13.3. The third-order valence-corrected chi connectivity index (χ3v) is 3.51. The minimum atomic E-state index is -0.466. The molecular formula is C11H18N4O3. The molecule has 2 rings (SSSR count). The number of nitrogens with two attached hydrogens (primary N) is 1. The van der Waals surface area contributed by atoms with Crippen molar-refractivity contribution < 1.29 is 14.4 Å². The van der Waals surface area contributed by atoms with Gasteiger partial charge >= 0.3 is 0 Å².